The van der Waals surface area contributed by atoms with Crippen molar-refractivity contribution in [2.75, 3.05) is 25.5 Å². The first-order valence-corrected chi connectivity index (χ1v) is 11.4. The molecule has 0 aliphatic carbocycles. The molecule has 0 atom stereocenters. The maximum atomic E-state index is 12.9. The monoisotopic (exact) mass is 459 g/mol. The smallest absolute Gasteiger partial charge is 0.258 e. The Morgan fingerprint density at radius 3 is 2.81 bits per heavy atom. The Labute approximate surface area is 188 Å². The van der Waals surface area contributed by atoms with E-state index in [0.717, 1.165) is 17.1 Å². The van der Waals surface area contributed by atoms with Gasteiger partial charge in [0, 0.05) is 16.5 Å². The Morgan fingerprint density at radius 1 is 1.19 bits per heavy atom. The van der Waals surface area contributed by atoms with Crippen molar-refractivity contribution in [3.63, 3.8) is 0 Å². The van der Waals surface area contributed by atoms with Crippen LogP contribution in [-0.2, 0) is 11.3 Å². The summed E-state index contributed by atoms with van der Waals surface area (Å²) >= 11 is 7.47. The molecule has 0 radical (unpaired) electrons. The lowest BCUT2D eigenvalue weighted by atomic mass is 10.2. The van der Waals surface area contributed by atoms with E-state index in [1.165, 1.54) is 11.8 Å². The molecule has 0 unspecified atom stereocenters. The van der Waals surface area contributed by atoms with Gasteiger partial charge in [-0.15, -0.1) is 11.8 Å². The van der Waals surface area contributed by atoms with Crippen LogP contribution < -0.4 is 15.0 Å². The normalized spacial score (nSPS) is 12.7. The van der Waals surface area contributed by atoms with Crippen LogP contribution in [0.25, 0.3) is 10.9 Å². The molecule has 2 aromatic carbocycles. The first-order chi connectivity index (χ1) is 15.0. The van der Waals surface area contributed by atoms with Gasteiger partial charge in [-0.05, 0) is 42.8 Å². The van der Waals surface area contributed by atoms with Crippen LogP contribution in [-0.4, -0.2) is 46.3 Å². The molecule has 3 aromatic rings. The molecule has 0 bridgehead atoms. The summed E-state index contributed by atoms with van der Waals surface area (Å²) < 4.78 is 11.1. The van der Waals surface area contributed by atoms with E-state index < -0.39 is 0 Å². The SMILES string of the molecule is CCCN(Cc1nc2cc(Cl)ccc2c(=O)[nH]1)C(=O)CSc1ccc2c(c1)OCCO2. The van der Waals surface area contributed by atoms with Crippen LogP contribution >= 0.6 is 23.4 Å². The Bertz CT molecular complexity index is 1170. The zero-order valence-corrected chi connectivity index (χ0v) is 18.6. The van der Waals surface area contributed by atoms with E-state index in [1.54, 1.807) is 23.1 Å². The van der Waals surface area contributed by atoms with Crippen LogP contribution in [0, 0.1) is 0 Å². The number of halogens is 1. The van der Waals surface area contributed by atoms with E-state index >= 15 is 0 Å². The molecule has 1 N–H and O–H groups in total. The van der Waals surface area contributed by atoms with E-state index in [1.807, 2.05) is 25.1 Å². The molecule has 0 saturated carbocycles. The van der Waals surface area contributed by atoms with Crippen molar-refractivity contribution in [1.82, 2.24) is 14.9 Å². The Hall–Kier alpha value is -2.71. The highest BCUT2D eigenvalue weighted by atomic mass is 35.5. The number of amides is 1. The number of nitrogens with zero attached hydrogens (tertiary/aromatic N) is 2. The quantitative estimate of drug-likeness (QED) is 0.540. The number of ether oxygens (including phenoxy) is 2. The largest absolute Gasteiger partial charge is 0.486 e. The van der Waals surface area contributed by atoms with Crippen molar-refractivity contribution in [2.24, 2.45) is 0 Å². The molecule has 0 spiro atoms. The molecular weight excluding hydrogens is 438 g/mol. The van der Waals surface area contributed by atoms with E-state index in [9.17, 15) is 9.59 Å². The minimum Gasteiger partial charge on any atom is -0.486 e. The van der Waals surface area contributed by atoms with E-state index in [-0.39, 0.29) is 23.8 Å². The molecule has 7 nitrogen and oxygen atoms in total. The molecule has 1 amide bonds. The number of nitrogens with one attached hydrogen (secondary N) is 1. The molecule has 9 heteroatoms. The molecule has 1 aliphatic heterocycles. The van der Waals surface area contributed by atoms with Crippen molar-refractivity contribution in [1.29, 1.82) is 0 Å². The molecule has 0 fully saturated rings. The lowest BCUT2D eigenvalue weighted by molar-refractivity contribution is -0.129. The molecule has 162 valence electrons. The second-order valence-electron chi connectivity index (χ2n) is 7.08. The number of hydrogen-bond acceptors (Lipinski definition) is 6. The molecular formula is C22H22ClN3O4S. The predicted molar refractivity (Wildman–Crippen MR) is 121 cm³/mol. The Morgan fingerprint density at radius 2 is 2.00 bits per heavy atom. The summed E-state index contributed by atoms with van der Waals surface area (Å²) in [5.41, 5.74) is 0.270. The van der Waals surface area contributed by atoms with Gasteiger partial charge in [-0.2, -0.15) is 0 Å². The third kappa shape index (κ3) is 5.14. The fourth-order valence-electron chi connectivity index (χ4n) is 3.33. The summed E-state index contributed by atoms with van der Waals surface area (Å²) in [5, 5.41) is 0.976. The number of hydrogen-bond donors (Lipinski definition) is 1. The van der Waals surface area contributed by atoms with E-state index in [4.69, 9.17) is 21.1 Å². The third-order valence-corrected chi connectivity index (χ3v) is 5.99. The Kier molecular flexibility index (Phi) is 6.67. The molecule has 31 heavy (non-hydrogen) atoms. The summed E-state index contributed by atoms with van der Waals surface area (Å²) in [7, 11) is 0. The van der Waals surface area contributed by atoms with Crippen LogP contribution in [0.15, 0.2) is 46.1 Å². The lowest BCUT2D eigenvalue weighted by Crippen LogP contribution is -2.34. The molecule has 1 aromatic heterocycles. The van der Waals surface area contributed by atoms with Gasteiger partial charge >= 0.3 is 0 Å². The number of carbonyl (C=O) groups excluding carboxylic acids is 1. The van der Waals surface area contributed by atoms with Gasteiger partial charge in [-0.25, -0.2) is 4.98 Å². The summed E-state index contributed by atoms with van der Waals surface area (Å²) in [6, 6.07) is 10.6. The van der Waals surface area contributed by atoms with Crippen molar-refractivity contribution >= 4 is 40.2 Å². The summed E-state index contributed by atoms with van der Waals surface area (Å²) in [4.78, 5) is 35.2. The first kappa shape index (κ1) is 21.5. The number of thioether (sulfide) groups is 1. The highest BCUT2D eigenvalue weighted by Crippen LogP contribution is 2.34. The number of carbonyl (C=O) groups is 1. The van der Waals surface area contributed by atoms with Gasteiger partial charge in [0.1, 0.15) is 19.0 Å². The fraction of sp³-hybridized carbons (Fsp3) is 0.318. The summed E-state index contributed by atoms with van der Waals surface area (Å²) in [6.45, 7) is 3.86. The topological polar surface area (TPSA) is 84.5 Å². The standard InChI is InChI=1S/C22H22ClN3O4S/c1-2-7-26(12-20-24-17-10-14(23)3-5-16(17)22(28)25-20)21(27)13-31-15-4-6-18-19(11-15)30-9-8-29-18/h3-6,10-11H,2,7-9,12-13H2,1H3,(H,24,25,28). The first-order valence-electron chi connectivity index (χ1n) is 10.0. The Balaban J connectivity index is 1.46. The summed E-state index contributed by atoms with van der Waals surface area (Å²) in [6.07, 6.45) is 0.796. The van der Waals surface area contributed by atoms with Crippen LogP contribution in [0.1, 0.15) is 19.2 Å². The third-order valence-electron chi connectivity index (χ3n) is 4.78. The van der Waals surface area contributed by atoms with Gasteiger partial charge in [0.15, 0.2) is 11.5 Å². The average Bonchev–Trinajstić information content (AvgIpc) is 2.76. The van der Waals surface area contributed by atoms with Crippen LogP contribution in [0.3, 0.4) is 0 Å². The maximum Gasteiger partial charge on any atom is 0.258 e. The molecule has 4 rings (SSSR count). The molecule has 1 aliphatic rings. The van der Waals surface area contributed by atoms with E-state index in [0.29, 0.717) is 47.3 Å². The van der Waals surface area contributed by atoms with Gasteiger partial charge in [0.2, 0.25) is 5.91 Å². The highest BCUT2D eigenvalue weighted by molar-refractivity contribution is 8.00. The van der Waals surface area contributed by atoms with Gasteiger partial charge < -0.3 is 19.4 Å². The van der Waals surface area contributed by atoms with Gasteiger partial charge in [-0.3, -0.25) is 9.59 Å². The second kappa shape index (κ2) is 9.62. The number of rotatable bonds is 7. The number of aromatic amines is 1. The van der Waals surface area contributed by atoms with Crippen molar-refractivity contribution in [3.8, 4) is 11.5 Å². The number of aromatic nitrogens is 2. The van der Waals surface area contributed by atoms with Crippen molar-refractivity contribution in [3.05, 3.63) is 57.6 Å². The van der Waals surface area contributed by atoms with Crippen LogP contribution in [0.2, 0.25) is 5.02 Å². The predicted octanol–water partition coefficient (Wildman–Crippen LogP) is 3.88. The number of benzene rings is 2. The molecule has 0 saturated heterocycles. The zero-order chi connectivity index (χ0) is 21.8. The minimum absolute atomic E-state index is 0.0319. The summed E-state index contributed by atoms with van der Waals surface area (Å²) in [5.74, 6) is 2.09. The lowest BCUT2D eigenvalue weighted by Gasteiger charge is -2.22. The second-order valence-corrected chi connectivity index (χ2v) is 8.57. The van der Waals surface area contributed by atoms with E-state index in [2.05, 4.69) is 9.97 Å². The fourth-order valence-corrected chi connectivity index (χ4v) is 4.32. The number of fused-ring (bicyclic) bond motifs is 2. The minimum atomic E-state index is -0.244. The van der Waals surface area contributed by atoms with Crippen LogP contribution in [0.4, 0.5) is 0 Å². The van der Waals surface area contributed by atoms with Gasteiger partial charge in [0.25, 0.3) is 5.56 Å². The average molecular weight is 460 g/mol. The zero-order valence-electron chi connectivity index (χ0n) is 17.0. The maximum absolute atomic E-state index is 12.9. The highest BCUT2D eigenvalue weighted by Gasteiger charge is 2.17. The number of H-pyrrole nitrogens is 1. The van der Waals surface area contributed by atoms with Gasteiger partial charge in [-0.1, -0.05) is 18.5 Å². The van der Waals surface area contributed by atoms with Crippen molar-refractivity contribution < 1.29 is 14.3 Å². The van der Waals surface area contributed by atoms with Crippen molar-refractivity contribution in [2.45, 2.75) is 24.8 Å². The molecule has 2 heterocycles. The van der Waals surface area contributed by atoms with Gasteiger partial charge in [0.05, 0.1) is 23.2 Å². The van der Waals surface area contributed by atoms with Crippen LogP contribution in [0.5, 0.6) is 11.5 Å².